The fourth-order valence-corrected chi connectivity index (χ4v) is 3.31. The fourth-order valence-electron chi connectivity index (χ4n) is 3.31. The lowest BCUT2D eigenvalue weighted by Gasteiger charge is -2.42. The Hall–Kier alpha value is -1.95. The first kappa shape index (κ1) is 15.9. The number of amides is 1. The van der Waals surface area contributed by atoms with Crippen molar-refractivity contribution < 1.29 is 9.53 Å². The Bertz CT molecular complexity index is 637. The lowest BCUT2D eigenvalue weighted by molar-refractivity contribution is -0.136. The van der Waals surface area contributed by atoms with Gasteiger partial charge >= 0.3 is 0 Å². The molecule has 0 aromatic carbocycles. The Morgan fingerprint density at radius 2 is 2.17 bits per heavy atom. The Morgan fingerprint density at radius 1 is 1.39 bits per heavy atom. The summed E-state index contributed by atoms with van der Waals surface area (Å²) in [6.07, 6.45) is 5.97. The van der Waals surface area contributed by atoms with E-state index < -0.39 is 0 Å². The Labute approximate surface area is 135 Å². The second kappa shape index (κ2) is 6.66. The van der Waals surface area contributed by atoms with Gasteiger partial charge in [-0.25, -0.2) is 5.10 Å². The highest BCUT2D eigenvalue weighted by molar-refractivity contribution is 5.76. The monoisotopic (exact) mass is 317 g/mol. The summed E-state index contributed by atoms with van der Waals surface area (Å²) in [7, 11) is 0. The van der Waals surface area contributed by atoms with Crippen LogP contribution in [0.5, 0.6) is 0 Å². The van der Waals surface area contributed by atoms with Crippen LogP contribution in [-0.2, 0) is 16.0 Å². The van der Waals surface area contributed by atoms with Gasteiger partial charge in [-0.15, -0.1) is 0 Å². The van der Waals surface area contributed by atoms with Gasteiger partial charge < -0.3 is 9.64 Å². The zero-order chi connectivity index (χ0) is 16.3. The van der Waals surface area contributed by atoms with Crippen LogP contribution in [0.4, 0.5) is 0 Å². The number of aryl methyl sites for hydroxylation is 1. The maximum absolute atomic E-state index is 12.3. The highest BCUT2D eigenvalue weighted by atomic mass is 16.5. The van der Waals surface area contributed by atoms with Crippen molar-refractivity contribution in [1.82, 2.24) is 15.1 Å². The maximum Gasteiger partial charge on any atom is 0.264 e. The number of ether oxygens (including phenoxy) is 1. The van der Waals surface area contributed by atoms with E-state index in [0.717, 1.165) is 44.7 Å². The average Bonchev–Trinajstić information content (AvgIpc) is 2.54. The molecular formula is C17H23N3O3. The van der Waals surface area contributed by atoms with Crippen LogP contribution >= 0.6 is 0 Å². The van der Waals surface area contributed by atoms with E-state index in [1.54, 1.807) is 6.07 Å². The first-order valence-electron chi connectivity index (χ1n) is 8.21. The molecule has 1 fully saturated rings. The van der Waals surface area contributed by atoms with Gasteiger partial charge in [0.25, 0.3) is 5.56 Å². The number of carbonyl (C=O) groups excluding carboxylic acids is 1. The topological polar surface area (TPSA) is 75.3 Å². The zero-order valence-corrected chi connectivity index (χ0v) is 13.5. The van der Waals surface area contributed by atoms with E-state index in [9.17, 15) is 9.59 Å². The molecule has 1 N–H and O–H groups in total. The SMILES string of the molecule is CC1=CC2(CCN(C(=O)CCc3ccc(=O)[nH]n3)CC2)OCC1. The van der Waals surface area contributed by atoms with E-state index in [4.69, 9.17) is 4.74 Å². The summed E-state index contributed by atoms with van der Waals surface area (Å²) in [6.45, 7) is 4.41. The molecule has 0 bridgehead atoms. The molecule has 0 radical (unpaired) electrons. The van der Waals surface area contributed by atoms with Crippen molar-refractivity contribution in [3.8, 4) is 0 Å². The van der Waals surface area contributed by atoms with Crippen LogP contribution in [0.25, 0.3) is 0 Å². The number of rotatable bonds is 3. The smallest absolute Gasteiger partial charge is 0.264 e. The summed E-state index contributed by atoms with van der Waals surface area (Å²) in [5.41, 5.74) is 1.75. The summed E-state index contributed by atoms with van der Waals surface area (Å²) in [5.74, 6) is 0.143. The molecule has 6 heteroatoms. The summed E-state index contributed by atoms with van der Waals surface area (Å²) in [5, 5.41) is 6.33. The van der Waals surface area contributed by atoms with E-state index in [1.807, 2.05) is 4.90 Å². The highest BCUT2D eigenvalue weighted by Crippen LogP contribution is 2.33. The minimum absolute atomic E-state index is 0.143. The van der Waals surface area contributed by atoms with Gasteiger partial charge in [-0.3, -0.25) is 9.59 Å². The number of hydrogen-bond acceptors (Lipinski definition) is 4. The molecule has 6 nitrogen and oxygen atoms in total. The number of piperidine rings is 1. The van der Waals surface area contributed by atoms with Crippen molar-refractivity contribution in [3.05, 3.63) is 39.8 Å². The van der Waals surface area contributed by atoms with Crippen LogP contribution in [0.1, 0.15) is 38.3 Å². The predicted octanol–water partition coefficient (Wildman–Crippen LogP) is 1.43. The van der Waals surface area contributed by atoms with Gasteiger partial charge in [0, 0.05) is 32.0 Å². The number of H-pyrrole nitrogens is 1. The Kier molecular flexibility index (Phi) is 4.61. The first-order chi connectivity index (χ1) is 11.1. The summed E-state index contributed by atoms with van der Waals surface area (Å²) >= 11 is 0. The van der Waals surface area contributed by atoms with Crippen molar-refractivity contribution in [3.63, 3.8) is 0 Å². The number of nitrogens with one attached hydrogen (secondary N) is 1. The summed E-state index contributed by atoms with van der Waals surface area (Å²) < 4.78 is 5.99. The van der Waals surface area contributed by atoms with Crippen molar-refractivity contribution in [1.29, 1.82) is 0 Å². The van der Waals surface area contributed by atoms with Crippen LogP contribution in [0, 0.1) is 0 Å². The molecule has 0 saturated carbocycles. The van der Waals surface area contributed by atoms with Crippen molar-refractivity contribution in [2.45, 2.75) is 44.6 Å². The number of aromatic amines is 1. The third-order valence-electron chi connectivity index (χ3n) is 4.69. The third kappa shape index (κ3) is 3.88. The van der Waals surface area contributed by atoms with Gasteiger partial charge in [-0.2, -0.15) is 5.10 Å². The number of carbonyl (C=O) groups is 1. The molecular weight excluding hydrogens is 294 g/mol. The maximum atomic E-state index is 12.3. The molecule has 0 unspecified atom stereocenters. The van der Waals surface area contributed by atoms with Crippen LogP contribution in [-0.4, -0.2) is 46.3 Å². The summed E-state index contributed by atoms with van der Waals surface area (Å²) in [6, 6.07) is 3.10. The largest absolute Gasteiger partial charge is 0.370 e. The number of nitrogens with zero attached hydrogens (tertiary/aromatic N) is 2. The zero-order valence-electron chi connectivity index (χ0n) is 13.5. The Balaban J connectivity index is 1.51. The molecule has 2 aliphatic rings. The fraction of sp³-hybridized carbons (Fsp3) is 0.588. The predicted molar refractivity (Wildman–Crippen MR) is 86.0 cm³/mol. The lowest BCUT2D eigenvalue weighted by Crippen LogP contribution is -2.48. The molecule has 3 heterocycles. The molecule has 1 spiro atoms. The van der Waals surface area contributed by atoms with Gasteiger partial charge in [0.15, 0.2) is 0 Å². The summed E-state index contributed by atoms with van der Waals surface area (Å²) in [4.78, 5) is 25.2. The van der Waals surface area contributed by atoms with E-state index >= 15 is 0 Å². The van der Waals surface area contributed by atoms with Crippen LogP contribution in [0.3, 0.4) is 0 Å². The van der Waals surface area contributed by atoms with Crippen molar-refractivity contribution in [2.75, 3.05) is 19.7 Å². The third-order valence-corrected chi connectivity index (χ3v) is 4.69. The van der Waals surface area contributed by atoms with Crippen LogP contribution in [0.15, 0.2) is 28.6 Å². The minimum atomic E-state index is -0.225. The highest BCUT2D eigenvalue weighted by Gasteiger charge is 2.36. The van der Waals surface area contributed by atoms with E-state index in [-0.39, 0.29) is 17.1 Å². The number of hydrogen-bond donors (Lipinski definition) is 1. The van der Waals surface area contributed by atoms with Crippen molar-refractivity contribution in [2.24, 2.45) is 0 Å². The van der Waals surface area contributed by atoms with Crippen LogP contribution < -0.4 is 5.56 Å². The molecule has 1 amide bonds. The molecule has 124 valence electrons. The first-order valence-corrected chi connectivity index (χ1v) is 8.21. The molecule has 23 heavy (non-hydrogen) atoms. The molecule has 1 saturated heterocycles. The minimum Gasteiger partial charge on any atom is -0.370 e. The quantitative estimate of drug-likeness (QED) is 0.856. The van der Waals surface area contributed by atoms with Gasteiger partial charge in [0.05, 0.1) is 17.9 Å². The van der Waals surface area contributed by atoms with Gasteiger partial charge in [0.1, 0.15) is 0 Å². The lowest BCUT2D eigenvalue weighted by atomic mass is 9.87. The van der Waals surface area contributed by atoms with Gasteiger partial charge in [0.2, 0.25) is 5.91 Å². The second-order valence-electron chi connectivity index (χ2n) is 6.45. The molecule has 1 aromatic rings. The second-order valence-corrected chi connectivity index (χ2v) is 6.45. The standard InChI is InChI=1S/C17H23N3O3/c1-13-6-11-23-17(12-13)7-9-20(10-8-17)16(22)5-3-14-2-4-15(21)19-18-14/h2,4,12H,3,5-11H2,1H3,(H,19,21). The van der Waals surface area contributed by atoms with Gasteiger partial charge in [-0.1, -0.05) is 11.6 Å². The molecule has 0 atom stereocenters. The molecule has 2 aliphatic heterocycles. The number of aromatic nitrogens is 2. The molecule has 1 aromatic heterocycles. The van der Waals surface area contributed by atoms with E-state index in [0.29, 0.717) is 12.8 Å². The van der Waals surface area contributed by atoms with E-state index in [2.05, 4.69) is 23.2 Å². The Morgan fingerprint density at radius 3 is 2.83 bits per heavy atom. The average molecular weight is 317 g/mol. The van der Waals surface area contributed by atoms with Crippen molar-refractivity contribution >= 4 is 5.91 Å². The van der Waals surface area contributed by atoms with Gasteiger partial charge in [-0.05, 0) is 32.3 Å². The molecule has 0 aliphatic carbocycles. The van der Waals surface area contributed by atoms with Crippen LogP contribution in [0.2, 0.25) is 0 Å². The van der Waals surface area contributed by atoms with E-state index in [1.165, 1.54) is 11.6 Å². The number of likely N-dealkylation sites (tertiary alicyclic amines) is 1. The molecule has 3 rings (SSSR count). The normalized spacial score (nSPS) is 20.4.